The molecule has 0 heterocycles. The Hall–Kier alpha value is -2.69. The Balaban J connectivity index is 3.59. The van der Waals surface area contributed by atoms with Gasteiger partial charge in [-0.1, -0.05) is 233 Å². The van der Waals surface area contributed by atoms with E-state index < -0.39 is 12.1 Å². The van der Waals surface area contributed by atoms with Crippen molar-refractivity contribution in [3.8, 4) is 0 Å². The van der Waals surface area contributed by atoms with E-state index in [2.05, 4.69) is 104 Å². The number of nitrogens with one attached hydrogen (secondary N) is 1. The first kappa shape index (κ1) is 56.3. The normalized spacial score (nSPS) is 13.8. The molecule has 3 N–H and O–H groups in total. The lowest BCUT2D eigenvalue weighted by Gasteiger charge is -2.19. The molecule has 0 saturated carbocycles. The maximum atomic E-state index is 12.4. The van der Waals surface area contributed by atoms with Gasteiger partial charge in [-0.2, -0.15) is 0 Å². The number of amides is 1. The Bertz CT molecular complexity index is 1110. The van der Waals surface area contributed by atoms with Crippen LogP contribution < -0.4 is 5.32 Å². The molecule has 0 radical (unpaired) electrons. The van der Waals surface area contributed by atoms with E-state index >= 15 is 0 Å². The third-order valence-electron chi connectivity index (χ3n) is 10.8. The van der Waals surface area contributed by atoms with Crippen molar-refractivity contribution < 1.29 is 15.0 Å². The Kier molecular flexibility index (Phi) is 47.4. The average Bonchev–Trinajstić information content (AvgIpc) is 3.24. The van der Waals surface area contributed by atoms with Gasteiger partial charge in [-0.25, -0.2) is 0 Å². The fraction of sp³-hybridized carbons (Fsp3) is 0.691. The molecular weight excluding hydrogens is 723 g/mol. The summed E-state index contributed by atoms with van der Waals surface area (Å²) in [5, 5.41) is 23.0. The topological polar surface area (TPSA) is 69.6 Å². The van der Waals surface area contributed by atoms with E-state index in [9.17, 15) is 15.0 Å². The summed E-state index contributed by atoms with van der Waals surface area (Å²) < 4.78 is 0. The van der Waals surface area contributed by atoms with Crippen LogP contribution in [0.15, 0.2) is 97.2 Å². The maximum Gasteiger partial charge on any atom is 0.220 e. The van der Waals surface area contributed by atoms with E-state index in [0.29, 0.717) is 6.42 Å². The molecule has 0 aromatic rings. The number of hydrogen-bond acceptors (Lipinski definition) is 3. The number of unbranched alkanes of at least 4 members (excludes halogenated alkanes) is 23. The zero-order valence-electron chi connectivity index (χ0n) is 38.7. The first-order valence-electron chi connectivity index (χ1n) is 25.0. The van der Waals surface area contributed by atoms with Crippen LogP contribution in [0.2, 0.25) is 0 Å². The number of allylic oxidation sites excluding steroid dienone is 15. The lowest BCUT2D eigenvalue weighted by molar-refractivity contribution is -0.123. The van der Waals surface area contributed by atoms with Crippen molar-refractivity contribution in [2.45, 2.75) is 238 Å². The van der Waals surface area contributed by atoms with E-state index in [1.807, 2.05) is 6.08 Å². The largest absolute Gasteiger partial charge is 0.394 e. The quantitative estimate of drug-likeness (QED) is 0.0424. The van der Waals surface area contributed by atoms with Crippen molar-refractivity contribution in [2.24, 2.45) is 0 Å². The summed E-state index contributed by atoms with van der Waals surface area (Å²) in [5.41, 5.74) is 0. The van der Waals surface area contributed by atoms with Crippen LogP contribution in [0.3, 0.4) is 0 Å². The summed E-state index contributed by atoms with van der Waals surface area (Å²) in [7, 11) is 0. The first-order chi connectivity index (χ1) is 29.2. The van der Waals surface area contributed by atoms with E-state index in [4.69, 9.17) is 0 Å². The second-order valence-corrected chi connectivity index (χ2v) is 16.5. The van der Waals surface area contributed by atoms with E-state index in [-0.39, 0.29) is 12.5 Å². The number of hydrogen-bond donors (Lipinski definition) is 3. The van der Waals surface area contributed by atoms with Crippen LogP contribution in [-0.4, -0.2) is 34.9 Å². The molecule has 338 valence electrons. The molecule has 0 aliphatic carbocycles. The fourth-order valence-corrected chi connectivity index (χ4v) is 7.02. The van der Waals surface area contributed by atoms with Crippen LogP contribution in [-0.2, 0) is 4.79 Å². The lowest BCUT2D eigenvalue weighted by Crippen LogP contribution is -2.45. The average molecular weight is 818 g/mol. The zero-order valence-corrected chi connectivity index (χ0v) is 38.7. The van der Waals surface area contributed by atoms with Crippen molar-refractivity contribution in [3.63, 3.8) is 0 Å². The summed E-state index contributed by atoms with van der Waals surface area (Å²) >= 11 is 0. The molecule has 2 atom stereocenters. The van der Waals surface area contributed by atoms with Crippen molar-refractivity contribution in [2.75, 3.05) is 6.61 Å². The molecule has 0 saturated heterocycles. The summed E-state index contributed by atoms with van der Waals surface area (Å²) in [4.78, 5) is 12.4. The van der Waals surface area contributed by atoms with Gasteiger partial charge in [0.1, 0.15) is 0 Å². The maximum absolute atomic E-state index is 12.4. The lowest BCUT2D eigenvalue weighted by atomic mass is 10.0. The molecular formula is C55H95NO3. The minimum Gasteiger partial charge on any atom is -0.394 e. The SMILES string of the molecule is CC/C=C\C/C=C\C/C=C\C/C=C\C/C=C\C/C=C\CCCCCCCCCCCCCCC(=O)NC(CO)C(O)/C=C/CC/C=C/CCCCCCCCCCCC. The molecule has 1 amide bonds. The molecule has 0 fully saturated rings. The molecule has 0 rings (SSSR count). The molecule has 0 aromatic heterocycles. The van der Waals surface area contributed by atoms with Gasteiger partial charge in [0, 0.05) is 6.42 Å². The molecule has 2 unspecified atom stereocenters. The highest BCUT2D eigenvalue weighted by molar-refractivity contribution is 5.76. The summed E-state index contributed by atoms with van der Waals surface area (Å²) in [6.07, 6.45) is 73.9. The number of rotatable bonds is 44. The number of carbonyl (C=O) groups excluding carboxylic acids is 1. The van der Waals surface area contributed by atoms with Gasteiger partial charge in [0.2, 0.25) is 5.91 Å². The van der Waals surface area contributed by atoms with Gasteiger partial charge < -0.3 is 15.5 Å². The van der Waals surface area contributed by atoms with E-state index in [1.165, 1.54) is 135 Å². The molecule has 4 heteroatoms. The molecule has 0 spiro atoms. The second-order valence-electron chi connectivity index (χ2n) is 16.5. The Morgan fingerprint density at radius 2 is 0.763 bits per heavy atom. The van der Waals surface area contributed by atoms with Crippen molar-refractivity contribution in [1.82, 2.24) is 5.32 Å². The third-order valence-corrected chi connectivity index (χ3v) is 10.8. The Morgan fingerprint density at radius 1 is 0.424 bits per heavy atom. The standard InChI is InChI=1S/C55H95NO3/c1-3-5-7-9-11-13-15-17-19-21-22-23-24-25-26-27-28-29-30-31-32-33-34-35-37-39-41-43-45-47-49-51-55(59)56-53(52-57)54(58)50-48-46-44-42-40-38-36-20-18-16-14-12-10-8-6-4-2/h5,7,11,13,17,19,22-23,25-26,28-29,40,42,48,50,53-54,57-58H,3-4,6,8-10,12,14-16,18,20-21,24,27,30-39,41,43-47,49,51-52H2,1-2H3,(H,56,59)/b7-5-,13-11-,19-17-,23-22-,26-25-,29-28-,42-40+,50-48+. The van der Waals surface area contributed by atoms with Gasteiger partial charge in [0.25, 0.3) is 0 Å². The Morgan fingerprint density at radius 3 is 1.19 bits per heavy atom. The molecule has 0 aliphatic rings. The number of aliphatic hydroxyl groups is 2. The van der Waals surface area contributed by atoms with Gasteiger partial charge in [0.05, 0.1) is 18.8 Å². The Labute approximate surface area is 366 Å². The minimum atomic E-state index is -0.868. The van der Waals surface area contributed by atoms with Crippen LogP contribution in [0.5, 0.6) is 0 Å². The second kappa shape index (κ2) is 49.7. The van der Waals surface area contributed by atoms with Crippen LogP contribution >= 0.6 is 0 Å². The minimum absolute atomic E-state index is 0.0798. The smallest absolute Gasteiger partial charge is 0.220 e. The summed E-state index contributed by atoms with van der Waals surface area (Å²) in [6, 6.07) is -0.645. The van der Waals surface area contributed by atoms with E-state index in [1.54, 1.807) is 6.08 Å². The molecule has 4 nitrogen and oxygen atoms in total. The van der Waals surface area contributed by atoms with Gasteiger partial charge in [0.15, 0.2) is 0 Å². The van der Waals surface area contributed by atoms with Gasteiger partial charge >= 0.3 is 0 Å². The van der Waals surface area contributed by atoms with Gasteiger partial charge in [-0.05, 0) is 83.5 Å². The first-order valence-corrected chi connectivity index (χ1v) is 25.0. The van der Waals surface area contributed by atoms with Crippen molar-refractivity contribution in [1.29, 1.82) is 0 Å². The van der Waals surface area contributed by atoms with Crippen molar-refractivity contribution in [3.05, 3.63) is 97.2 Å². The summed E-state index contributed by atoms with van der Waals surface area (Å²) in [5.74, 6) is -0.0798. The zero-order chi connectivity index (χ0) is 42.8. The summed E-state index contributed by atoms with van der Waals surface area (Å²) in [6.45, 7) is 4.18. The van der Waals surface area contributed by atoms with Crippen LogP contribution in [0.25, 0.3) is 0 Å². The molecule has 0 bridgehead atoms. The highest BCUT2D eigenvalue weighted by atomic mass is 16.3. The highest BCUT2D eigenvalue weighted by Crippen LogP contribution is 2.14. The van der Waals surface area contributed by atoms with Crippen LogP contribution in [0.1, 0.15) is 226 Å². The highest BCUT2D eigenvalue weighted by Gasteiger charge is 2.17. The van der Waals surface area contributed by atoms with Crippen LogP contribution in [0.4, 0.5) is 0 Å². The monoisotopic (exact) mass is 818 g/mol. The third kappa shape index (κ3) is 46.2. The number of carbonyl (C=O) groups is 1. The predicted octanol–water partition coefficient (Wildman–Crippen LogP) is 16.2. The fourth-order valence-electron chi connectivity index (χ4n) is 7.02. The van der Waals surface area contributed by atoms with Crippen LogP contribution in [0, 0.1) is 0 Å². The molecule has 0 aromatic carbocycles. The molecule has 59 heavy (non-hydrogen) atoms. The molecule has 0 aliphatic heterocycles. The van der Waals surface area contributed by atoms with Crippen molar-refractivity contribution >= 4 is 5.91 Å². The van der Waals surface area contributed by atoms with Gasteiger partial charge in [-0.3, -0.25) is 4.79 Å². The van der Waals surface area contributed by atoms with E-state index in [0.717, 1.165) is 70.6 Å². The predicted molar refractivity (Wildman–Crippen MR) is 262 cm³/mol. The number of aliphatic hydroxyl groups excluding tert-OH is 2. The van der Waals surface area contributed by atoms with Gasteiger partial charge in [-0.15, -0.1) is 0 Å².